The van der Waals surface area contributed by atoms with Crippen LogP contribution in [0.1, 0.15) is 18.2 Å². The Balaban J connectivity index is 1.58. The normalized spacial score (nSPS) is 14.3. The highest BCUT2D eigenvalue weighted by Gasteiger charge is 2.24. The highest BCUT2D eigenvalue weighted by Crippen LogP contribution is 2.27. The first-order chi connectivity index (χ1) is 13.8. The van der Waals surface area contributed by atoms with Gasteiger partial charge >= 0.3 is 6.09 Å². The minimum atomic E-state index is -0.245. The number of hydrogen-bond acceptors (Lipinski definition) is 6. The van der Waals surface area contributed by atoms with Gasteiger partial charge in [-0.05, 0) is 18.6 Å². The number of fused-ring (bicyclic) bond motifs is 1. The zero-order valence-corrected chi connectivity index (χ0v) is 15.9. The molecule has 7 nitrogen and oxygen atoms in total. The number of piperazine rings is 1. The summed E-state index contributed by atoms with van der Waals surface area (Å²) in [5, 5.41) is 11.3. The fourth-order valence-electron chi connectivity index (χ4n) is 3.52. The van der Waals surface area contributed by atoms with Crippen LogP contribution in [0.5, 0.6) is 0 Å². The lowest BCUT2D eigenvalue weighted by molar-refractivity contribution is 0.105. The molecule has 1 aromatic carbocycles. The third kappa shape index (κ3) is 3.74. The molecule has 28 heavy (non-hydrogen) atoms. The second-order valence-electron chi connectivity index (χ2n) is 6.73. The summed E-state index contributed by atoms with van der Waals surface area (Å²) in [7, 11) is 0. The summed E-state index contributed by atoms with van der Waals surface area (Å²) in [6.45, 7) is 4.87. The lowest BCUT2D eigenvalue weighted by atomic mass is 10.0. The highest BCUT2D eigenvalue weighted by molar-refractivity contribution is 5.93. The van der Waals surface area contributed by atoms with Crippen molar-refractivity contribution in [1.29, 1.82) is 0 Å². The molecule has 0 spiro atoms. The maximum atomic E-state index is 11.9. The minimum Gasteiger partial charge on any atom is -0.450 e. The number of rotatable bonds is 4. The van der Waals surface area contributed by atoms with Gasteiger partial charge in [0.05, 0.1) is 12.3 Å². The van der Waals surface area contributed by atoms with E-state index < -0.39 is 0 Å². The van der Waals surface area contributed by atoms with Gasteiger partial charge < -0.3 is 14.5 Å². The van der Waals surface area contributed by atoms with Crippen LogP contribution < -0.4 is 4.90 Å². The zero-order valence-electron chi connectivity index (χ0n) is 15.9. The van der Waals surface area contributed by atoms with E-state index in [1.807, 2.05) is 37.4 Å². The molecular formula is C21H23N5O2. The van der Waals surface area contributed by atoms with Crippen molar-refractivity contribution < 1.29 is 9.53 Å². The van der Waals surface area contributed by atoms with Crippen molar-refractivity contribution >= 4 is 22.7 Å². The Hall–Kier alpha value is -3.22. The van der Waals surface area contributed by atoms with Gasteiger partial charge in [-0.1, -0.05) is 30.3 Å². The zero-order chi connectivity index (χ0) is 19.3. The predicted molar refractivity (Wildman–Crippen MR) is 107 cm³/mol. The molecule has 7 heteroatoms. The van der Waals surface area contributed by atoms with Crippen molar-refractivity contribution in [3.63, 3.8) is 0 Å². The van der Waals surface area contributed by atoms with E-state index in [0.29, 0.717) is 39.2 Å². The monoisotopic (exact) mass is 377 g/mol. The number of carbonyl (C=O) groups excluding carboxylic acids is 1. The lowest BCUT2D eigenvalue weighted by Crippen LogP contribution is -2.49. The third-order valence-corrected chi connectivity index (χ3v) is 4.94. The molecule has 0 atom stereocenters. The molecule has 0 radical (unpaired) electrons. The molecule has 0 saturated carbocycles. The van der Waals surface area contributed by atoms with Gasteiger partial charge in [0.1, 0.15) is 0 Å². The SMILES string of the molecule is CCOC(=O)N1CCN(c2nnc(Cc3cccnc3)c3ccccc23)CC1. The van der Waals surface area contributed by atoms with E-state index in [2.05, 4.69) is 32.2 Å². The van der Waals surface area contributed by atoms with Crippen LogP contribution in [-0.4, -0.2) is 59.0 Å². The van der Waals surface area contributed by atoms with Crippen LogP contribution in [-0.2, 0) is 11.2 Å². The molecule has 1 amide bonds. The van der Waals surface area contributed by atoms with E-state index in [1.165, 1.54) is 0 Å². The molecule has 4 rings (SSSR count). The highest BCUT2D eigenvalue weighted by atomic mass is 16.6. The van der Waals surface area contributed by atoms with Gasteiger partial charge in [0.15, 0.2) is 5.82 Å². The first kappa shape index (κ1) is 18.2. The summed E-state index contributed by atoms with van der Waals surface area (Å²) in [5.74, 6) is 0.869. The topological polar surface area (TPSA) is 71.5 Å². The van der Waals surface area contributed by atoms with E-state index in [1.54, 1.807) is 11.1 Å². The number of hydrogen-bond donors (Lipinski definition) is 0. The average Bonchev–Trinajstić information content (AvgIpc) is 2.75. The Morgan fingerprint density at radius 2 is 1.82 bits per heavy atom. The maximum Gasteiger partial charge on any atom is 0.409 e. The van der Waals surface area contributed by atoms with Crippen LogP contribution in [0.25, 0.3) is 10.8 Å². The molecule has 3 aromatic rings. The van der Waals surface area contributed by atoms with Gasteiger partial charge in [-0.3, -0.25) is 4.98 Å². The molecule has 0 N–H and O–H groups in total. The average molecular weight is 377 g/mol. The van der Waals surface area contributed by atoms with Crippen LogP contribution in [0.2, 0.25) is 0 Å². The number of nitrogens with zero attached hydrogens (tertiary/aromatic N) is 5. The lowest BCUT2D eigenvalue weighted by Gasteiger charge is -2.35. The second kappa shape index (κ2) is 8.21. The molecule has 1 saturated heterocycles. The van der Waals surface area contributed by atoms with Crippen molar-refractivity contribution in [1.82, 2.24) is 20.1 Å². The predicted octanol–water partition coefficient (Wildman–Crippen LogP) is 2.89. The Morgan fingerprint density at radius 3 is 2.54 bits per heavy atom. The smallest absolute Gasteiger partial charge is 0.409 e. The van der Waals surface area contributed by atoms with Gasteiger partial charge in [-0.2, -0.15) is 5.10 Å². The molecule has 1 fully saturated rings. The molecule has 0 aliphatic carbocycles. The standard InChI is InChI=1S/C21H23N5O2/c1-2-28-21(27)26-12-10-25(11-13-26)20-18-8-4-3-7-17(18)19(23-24-20)14-16-6-5-9-22-15-16/h3-9,15H,2,10-14H2,1H3. The number of benzene rings is 1. The molecule has 144 valence electrons. The van der Waals surface area contributed by atoms with Crippen LogP contribution in [0.4, 0.5) is 10.6 Å². The van der Waals surface area contributed by atoms with E-state index in [9.17, 15) is 4.79 Å². The van der Waals surface area contributed by atoms with Gasteiger partial charge in [-0.15, -0.1) is 5.10 Å². The Kier molecular flexibility index (Phi) is 5.32. The van der Waals surface area contributed by atoms with E-state index in [-0.39, 0.29) is 6.09 Å². The summed E-state index contributed by atoms with van der Waals surface area (Å²) in [6, 6.07) is 12.2. The van der Waals surface area contributed by atoms with Crippen molar-refractivity contribution in [3.8, 4) is 0 Å². The fourth-order valence-corrected chi connectivity index (χ4v) is 3.52. The number of pyridine rings is 1. The summed E-state index contributed by atoms with van der Waals surface area (Å²) < 4.78 is 5.10. The first-order valence-electron chi connectivity index (χ1n) is 9.56. The van der Waals surface area contributed by atoms with E-state index in [4.69, 9.17) is 4.74 Å². The van der Waals surface area contributed by atoms with Gasteiger partial charge in [0, 0.05) is 55.8 Å². The maximum absolute atomic E-state index is 11.9. The minimum absolute atomic E-state index is 0.245. The summed E-state index contributed by atoms with van der Waals surface area (Å²) >= 11 is 0. The number of carbonyl (C=O) groups is 1. The number of aromatic nitrogens is 3. The number of ether oxygens (including phenoxy) is 1. The summed E-state index contributed by atoms with van der Waals surface area (Å²) in [6.07, 6.45) is 4.08. The Morgan fingerprint density at radius 1 is 1.04 bits per heavy atom. The van der Waals surface area contributed by atoms with Crippen LogP contribution in [0.15, 0.2) is 48.8 Å². The molecule has 1 aliphatic heterocycles. The summed E-state index contributed by atoms with van der Waals surface area (Å²) in [4.78, 5) is 20.0. The van der Waals surface area contributed by atoms with Gasteiger partial charge in [-0.25, -0.2) is 4.79 Å². The fraction of sp³-hybridized carbons (Fsp3) is 0.333. The van der Waals surface area contributed by atoms with Crippen molar-refractivity contribution in [2.75, 3.05) is 37.7 Å². The number of anilines is 1. The largest absolute Gasteiger partial charge is 0.450 e. The van der Waals surface area contributed by atoms with Gasteiger partial charge in [0.2, 0.25) is 0 Å². The van der Waals surface area contributed by atoms with Crippen LogP contribution in [0.3, 0.4) is 0 Å². The molecule has 0 bridgehead atoms. The molecule has 0 unspecified atom stereocenters. The molecular weight excluding hydrogens is 354 g/mol. The van der Waals surface area contributed by atoms with Gasteiger partial charge in [0.25, 0.3) is 0 Å². The Labute approximate surface area is 164 Å². The van der Waals surface area contributed by atoms with Crippen LogP contribution in [0, 0.1) is 0 Å². The van der Waals surface area contributed by atoms with Crippen molar-refractivity contribution in [2.24, 2.45) is 0 Å². The molecule has 1 aliphatic rings. The second-order valence-corrected chi connectivity index (χ2v) is 6.73. The quantitative estimate of drug-likeness (QED) is 0.696. The Bertz CT molecular complexity index is 955. The number of amides is 1. The van der Waals surface area contributed by atoms with E-state index >= 15 is 0 Å². The van der Waals surface area contributed by atoms with E-state index in [0.717, 1.165) is 27.8 Å². The van der Waals surface area contributed by atoms with Crippen LogP contribution >= 0.6 is 0 Å². The van der Waals surface area contributed by atoms with Crippen molar-refractivity contribution in [3.05, 3.63) is 60.0 Å². The third-order valence-electron chi connectivity index (χ3n) is 4.94. The molecule has 2 aromatic heterocycles. The summed E-state index contributed by atoms with van der Waals surface area (Å²) in [5.41, 5.74) is 2.05. The first-order valence-corrected chi connectivity index (χ1v) is 9.56. The molecule has 3 heterocycles. The van der Waals surface area contributed by atoms with Crippen molar-refractivity contribution in [2.45, 2.75) is 13.3 Å².